The van der Waals surface area contributed by atoms with Gasteiger partial charge in [0.2, 0.25) is 0 Å². The third-order valence-corrected chi connectivity index (χ3v) is 8.48. The summed E-state index contributed by atoms with van der Waals surface area (Å²) >= 11 is 0. The van der Waals surface area contributed by atoms with E-state index in [1.165, 1.54) is 24.3 Å². The Balaban J connectivity index is 1.09. The number of nitrogens with zero attached hydrogens (tertiary/aromatic N) is 4. The predicted octanol–water partition coefficient (Wildman–Crippen LogP) is 6.05. The van der Waals surface area contributed by atoms with Crippen LogP contribution in [0.1, 0.15) is 66.1 Å². The van der Waals surface area contributed by atoms with Gasteiger partial charge in [0.15, 0.2) is 0 Å². The number of aromatic nitrogens is 3. The first-order valence-electron chi connectivity index (χ1n) is 14.1. The summed E-state index contributed by atoms with van der Waals surface area (Å²) in [6.07, 6.45) is 2.64. The van der Waals surface area contributed by atoms with Crippen LogP contribution in [0.5, 0.6) is 5.75 Å². The van der Waals surface area contributed by atoms with Crippen molar-refractivity contribution < 1.29 is 32.3 Å². The van der Waals surface area contributed by atoms with Crippen molar-refractivity contribution >= 4 is 22.8 Å². The van der Waals surface area contributed by atoms with Gasteiger partial charge in [-0.05, 0) is 68.9 Å². The van der Waals surface area contributed by atoms with Crippen LogP contribution in [-0.2, 0) is 6.54 Å². The fourth-order valence-corrected chi connectivity index (χ4v) is 6.47. The zero-order chi connectivity index (χ0) is 29.0. The molecular weight excluding hydrogens is 551 g/mol. The summed E-state index contributed by atoms with van der Waals surface area (Å²) in [7, 11) is 0. The third kappa shape index (κ3) is 5.15. The Labute approximate surface area is 238 Å². The smallest absolute Gasteiger partial charge is 0.478 e. The second-order valence-corrected chi connectivity index (χ2v) is 11.3. The zero-order valence-electron chi connectivity index (χ0n) is 22.5. The highest BCUT2D eigenvalue weighted by atomic mass is 19.4. The van der Waals surface area contributed by atoms with E-state index in [4.69, 9.17) is 9.51 Å². The number of nitrogens with one attached hydrogen (secondary N) is 1. The SMILES string of the molecule is O=C(O)c1ccc2nc(N3C4CCC3CC(NCc3c(-c5ccccc5OC(F)(F)F)noc3C3CC3)C4)cnc2c1. The van der Waals surface area contributed by atoms with Gasteiger partial charge in [-0.2, -0.15) is 0 Å². The number of fused-ring (bicyclic) bond motifs is 3. The van der Waals surface area contributed by atoms with Crippen LogP contribution in [0.2, 0.25) is 0 Å². The Morgan fingerprint density at radius 1 is 1.07 bits per heavy atom. The molecule has 2 aromatic carbocycles. The quantitative estimate of drug-likeness (QED) is 0.258. The fourth-order valence-electron chi connectivity index (χ4n) is 6.47. The molecule has 1 saturated carbocycles. The van der Waals surface area contributed by atoms with E-state index in [1.54, 1.807) is 24.4 Å². The van der Waals surface area contributed by atoms with Crippen molar-refractivity contribution in [1.29, 1.82) is 0 Å². The molecule has 0 amide bonds. The number of carboxylic acids is 1. The molecule has 12 heteroatoms. The molecule has 2 atom stereocenters. The van der Waals surface area contributed by atoms with Crippen LogP contribution >= 0.6 is 0 Å². The summed E-state index contributed by atoms with van der Waals surface area (Å²) in [6.45, 7) is 0.427. The van der Waals surface area contributed by atoms with E-state index >= 15 is 0 Å². The molecule has 218 valence electrons. The first-order valence-corrected chi connectivity index (χ1v) is 14.1. The van der Waals surface area contributed by atoms with Gasteiger partial charge in [-0.25, -0.2) is 9.78 Å². The van der Waals surface area contributed by atoms with Gasteiger partial charge < -0.3 is 24.6 Å². The van der Waals surface area contributed by atoms with E-state index < -0.39 is 12.3 Å². The largest absolute Gasteiger partial charge is 0.573 e. The number of hydrogen-bond donors (Lipinski definition) is 2. The Morgan fingerprint density at radius 3 is 2.55 bits per heavy atom. The molecule has 4 heterocycles. The number of halogens is 3. The van der Waals surface area contributed by atoms with Crippen LogP contribution in [0, 0.1) is 0 Å². The van der Waals surface area contributed by atoms with Crippen molar-refractivity contribution in [2.45, 2.75) is 75.5 Å². The lowest BCUT2D eigenvalue weighted by molar-refractivity contribution is -0.274. The van der Waals surface area contributed by atoms with Gasteiger partial charge in [0.25, 0.3) is 0 Å². The number of hydrogen-bond acceptors (Lipinski definition) is 8. The zero-order valence-corrected chi connectivity index (χ0v) is 22.5. The summed E-state index contributed by atoms with van der Waals surface area (Å²) in [5.74, 6) is 0.447. The minimum atomic E-state index is -4.82. The number of para-hydroxylation sites is 1. The van der Waals surface area contributed by atoms with Crippen LogP contribution in [0.4, 0.5) is 19.0 Å². The van der Waals surface area contributed by atoms with Crippen molar-refractivity contribution in [2.24, 2.45) is 0 Å². The minimum absolute atomic E-state index is 0.175. The fraction of sp³-hybridized carbons (Fsp3) is 0.400. The highest BCUT2D eigenvalue weighted by Crippen LogP contribution is 2.46. The Kier molecular flexibility index (Phi) is 6.52. The lowest BCUT2D eigenvalue weighted by Gasteiger charge is -2.40. The van der Waals surface area contributed by atoms with Crippen molar-refractivity contribution in [1.82, 2.24) is 20.4 Å². The molecule has 7 rings (SSSR count). The molecule has 2 unspecified atom stereocenters. The lowest BCUT2D eigenvalue weighted by Crippen LogP contribution is -2.49. The van der Waals surface area contributed by atoms with Crippen molar-refractivity contribution in [3.63, 3.8) is 0 Å². The molecular formula is C30H28F3N5O4. The van der Waals surface area contributed by atoms with E-state index in [-0.39, 0.29) is 40.9 Å². The van der Waals surface area contributed by atoms with Gasteiger partial charge in [0, 0.05) is 41.7 Å². The van der Waals surface area contributed by atoms with Crippen molar-refractivity contribution in [2.75, 3.05) is 4.90 Å². The number of anilines is 1. The summed E-state index contributed by atoms with van der Waals surface area (Å²) in [5.41, 5.74) is 2.78. The molecule has 9 nitrogen and oxygen atoms in total. The normalized spacial score (nSPS) is 22.1. The average molecular weight is 580 g/mol. The first kappa shape index (κ1) is 26.7. The molecule has 0 radical (unpaired) electrons. The van der Waals surface area contributed by atoms with Gasteiger partial charge >= 0.3 is 12.3 Å². The van der Waals surface area contributed by atoms with Gasteiger partial charge in [0.05, 0.1) is 22.8 Å². The summed E-state index contributed by atoms with van der Waals surface area (Å²) in [4.78, 5) is 22.9. The van der Waals surface area contributed by atoms with E-state index in [0.29, 0.717) is 23.3 Å². The first-order chi connectivity index (χ1) is 20.2. The van der Waals surface area contributed by atoms with Crippen LogP contribution < -0.4 is 15.0 Å². The molecule has 2 saturated heterocycles. The lowest BCUT2D eigenvalue weighted by atomic mass is 9.96. The Bertz CT molecular complexity index is 1640. The Morgan fingerprint density at radius 2 is 1.83 bits per heavy atom. The maximum Gasteiger partial charge on any atom is 0.573 e. The molecule has 42 heavy (non-hydrogen) atoms. The van der Waals surface area contributed by atoms with Crippen LogP contribution in [0.25, 0.3) is 22.3 Å². The van der Waals surface area contributed by atoms with Gasteiger partial charge in [0.1, 0.15) is 23.0 Å². The number of ether oxygens (including phenoxy) is 1. The van der Waals surface area contributed by atoms with Crippen LogP contribution in [0.15, 0.2) is 53.2 Å². The number of carbonyl (C=O) groups is 1. The Hall–Kier alpha value is -4.19. The molecule has 4 aromatic rings. The third-order valence-electron chi connectivity index (χ3n) is 8.48. The van der Waals surface area contributed by atoms with E-state index in [0.717, 1.165) is 55.7 Å². The van der Waals surface area contributed by atoms with E-state index in [2.05, 4.69) is 25.1 Å². The van der Waals surface area contributed by atoms with Gasteiger partial charge in [-0.3, -0.25) is 4.98 Å². The number of aromatic carboxylic acids is 1. The molecule has 2 bridgehead atoms. The van der Waals surface area contributed by atoms with E-state index in [9.17, 15) is 23.1 Å². The highest BCUT2D eigenvalue weighted by molar-refractivity contribution is 5.92. The van der Waals surface area contributed by atoms with E-state index in [1.807, 2.05) is 0 Å². The number of rotatable bonds is 8. The van der Waals surface area contributed by atoms with Crippen molar-refractivity contribution in [3.05, 3.63) is 65.5 Å². The molecule has 2 aromatic heterocycles. The second kappa shape index (κ2) is 10.3. The standard InChI is InChI=1S/C30H28F3N5O4/c31-30(32,33)41-25-4-2-1-3-21(25)27-22(28(42-37-27)16-5-6-16)14-34-18-12-19-8-9-20(13-18)38(19)26-15-35-24-11-17(29(39)40)7-10-23(24)36-26/h1-4,7,10-11,15-16,18-20,34H,5-6,8-9,12-14H2,(H,39,40). The number of benzene rings is 2. The summed E-state index contributed by atoms with van der Waals surface area (Å²) < 4.78 is 49.4. The number of carboxylic acid groups (broad SMARTS) is 1. The summed E-state index contributed by atoms with van der Waals surface area (Å²) in [5, 5.41) is 17.1. The maximum atomic E-state index is 13.1. The van der Waals surface area contributed by atoms with Crippen LogP contribution in [-0.4, -0.2) is 50.7 Å². The predicted molar refractivity (Wildman–Crippen MR) is 146 cm³/mol. The second-order valence-electron chi connectivity index (χ2n) is 11.3. The average Bonchev–Trinajstić information content (AvgIpc) is 3.66. The number of piperidine rings is 1. The van der Waals surface area contributed by atoms with Gasteiger partial charge in [-0.15, -0.1) is 13.2 Å². The minimum Gasteiger partial charge on any atom is -0.478 e. The molecule has 2 aliphatic heterocycles. The topological polar surface area (TPSA) is 114 Å². The molecule has 3 aliphatic rings. The molecule has 1 aliphatic carbocycles. The van der Waals surface area contributed by atoms with Crippen LogP contribution in [0.3, 0.4) is 0 Å². The highest BCUT2D eigenvalue weighted by Gasteiger charge is 2.42. The van der Waals surface area contributed by atoms with Crippen molar-refractivity contribution in [3.8, 4) is 17.0 Å². The number of alkyl halides is 3. The monoisotopic (exact) mass is 579 g/mol. The van der Waals surface area contributed by atoms with Gasteiger partial charge in [-0.1, -0.05) is 17.3 Å². The molecule has 3 fully saturated rings. The molecule has 0 spiro atoms. The summed E-state index contributed by atoms with van der Waals surface area (Å²) in [6, 6.07) is 11.5. The molecule has 2 N–H and O–H groups in total. The maximum absolute atomic E-state index is 13.1.